The molecule has 2 saturated heterocycles. The van der Waals surface area contributed by atoms with Crippen LogP contribution in [0.15, 0.2) is 6.07 Å². The molecule has 2 fully saturated rings. The number of carbonyl (C=O) groups is 1. The Morgan fingerprint density at radius 2 is 1.85 bits per heavy atom. The summed E-state index contributed by atoms with van der Waals surface area (Å²) in [5.41, 5.74) is 2.90. The van der Waals surface area contributed by atoms with E-state index in [-0.39, 0.29) is 40.1 Å². The molecule has 0 aromatic carbocycles. The van der Waals surface area contributed by atoms with Gasteiger partial charge in [0, 0.05) is 28.8 Å². The normalized spacial score (nSPS) is 23.0. The number of nitrogens with two attached hydrogens (primary N) is 1. The molecule has 2 N–H and O–H groups in total. The Kier molecular flexibility index (Phi) is 7.25. The summed E-state index contributed by atoms with van der Waals surface area (Å²) in [4.78, 5) is 30.2. The number of nitriles is 1. The number of nitrogens with zero attached hydrogens (tertiary/aromatic N) is 6. The van der Waals surface area contributed by atoms with Crippen molar-refractivity contribution in [3.63, 3.8) is 0 Å². The number of piperazine rings is 1. The lowest BCUT2D eigenvalue weighted by atomic mass is 9.92. The number of halogens is 4. The zero-order chi connectivity index (χ0) is 33.6. The molecule has 3 aliphatic heterocycles. The van der Waals surface area contributed by atoms with Gasteiger partial charge in [-0.2, -0.15) is 18.4 Å². The predicted octanol–water partition coefficient (Wildman–Crippen LogP) is 6.41. The number of aromatic nitrogens is 3. The maximum Gasteiger partial charge on any atom is 0.418 e. The van der Waals surface area contributed by atoms with Gasteiger partial charge in [0.2, 0.25) is 5.88 Å². The summed E-state index contributed by atoms with van der Waals surface area (Å²) in [6.07, 6.45) is -4.66. The third-order valence-electron chi connectivity index (χ3n) is 9.01. The average molecular weight is 642 g/mol. The second kappa shape index (κ2) is 10.6. The first-order valence-corrected chi connectivity index (χ1v) is 15.2. The van der Waals surface area contributed by atoms with Crippen LogP contribution < -0.4 is 15.4 Å². The highest BCUT2D eigenvalue weighted by molar-refractivity contribution is 6.02. The van der Waals surface area contributed by atoms with Gasteiger partial charge in [-0.3, -0.25) is 4.90 Å². The molecule has 3 aromatic heterocycles. The van der Waals surface area contributed by atoms with Crippen LogP contribution in [0.5, 0.6) is 5.88 Å². The van der Waals surface area contributed by atoms with Crippen molar-refractivity contribution in [1.82, 2.24) is 19.9 Å². The van der Waals surface area contributed by atoms with E-state index in [2.05, 4.69) is 16.0 Å². The molecule has 1 unspecified atom stereocenters. The molecule has 0 radical (unpaired) electrons. The minimum Gasteiger partial charge on any atom is -0.472 e. The largest absolute Gasteiger partial charge is 0.472 e. The third kappa shape index (κ3) is 4.91. The lowest BCUT2D eigenvalue weighted by molar-refractivity contribution is -0.137. The Morgan fingerprint density at radius 3 is 2.48 bits per heavy atom. The van der Waals surface area contributed by atoms with Gasteiger partial charge < -0.3 is 20.1 Å². The predicted molar refractivity (Wildman–Crippen MR) is 162 cm³/mol. The molecule has 6 heterocycles. The average Bonchev–Trinajstić information content (AvgIpc) is 3.18. The fourth-order valence-corrected chi connectivity index (χ4v) is 7.39. The molecule has 3 aromatic rings. The third-order valence-corrected chi connectivity index (χ3v) is 9.01. The van der Waals surface area contributed by atoms with Gasteiger partial charge >= 0.3 is 12.3 Å². The van der Waals surface area contributed by atoms with E-state index in [0.29, 0.717) is 30.9 Å². The zero-order valence-electron chi connectivity index (χ0n) is 26.6. The number of alkyl halides is 3. The van der Waals surface area contributed by atoms with E-state index in [1.165, 1.54) is 0 Å². The minimum atomic E-state index is -4.90. The number of ether oxygens (including phenoxy) is 2. The van der Waals surface area contributed by atoms with Crippen LogP contribution in [0, 0.1) is 31.0 Å². The highest BCUT2D eigenvalue weighted by atomic mass is 19.4. The Labute approximate surface area is 263 Å². The molecule has 2 bridgehead atoms. The molecule has 0 saturated carbocycles. The standard InChI is InChI=1S/C32H35F4N7O3/c1-13(11-37)21-14(2)40-28-23-22(21)25(33)26(18-10-20(38)39-15(3)24(18)32(34,35)36)41-29(23)45-16(4)27-19-9-8-17(12-42(27)28)43(19)30(44)46-31(5,6)7/h10,13,16-17,19,27H,8-9,12H2,1-7H3,(H2,38,39)/t13?,16-,17+,19-,27+/m0/s1. The van der Waals surface area contributed by atoms with Gasteiger partial charge in [-0.1, -0.05) is 0 Å². The van der Waals surface area contributed by atoms with E-state index in [1.807, 2.05) is 4.90 Å². The van der Waals surface area contributed by atoms with Gasteiger partial charge in [0.1, 0.15) is 29.0 Å². The summed E-state index contributed by atoms with van der Waals surface area (Å²) in [7, 11) is 0. The smallest absolute Gasteiger partial charge is 0.418 e. The van der Waals surface area contributed by atoms with Gasteiger partial charge in [0.05, 0.1) is 46.8 Å². The molecule has 3 aliphatic rings. The summed E-state index contributed by atoms with van der Waals surface area (Å²) in [5, 5.41) is 10.00. The molecule has 14 heteroatoms. The van der Waals surface area contributed by atoms with E-state index in [4.69, 9.17) is 20.2 Å². The Bertz CT molecular complexity index is 1820. The molecule has 6 rings (SSSR count). The van der Waals surface area contributed by atoms with Crippen LogP contribution in [0.2, 0.25) is 0 Å². The number of fused-ring (bicyclic) bond motifs is 5. The number of carbonyl (C=O) groups excluding carboxylic acids is 1. The number of aryl methyl sites for hydroxylation is 2. The second-order valence-electron chi connectivity index (χ2n) is 13.3. The quantitative estimate of drug-likeness (QED) is 0.315. The maximum atomic E-state index is 17.0. The van der Waals surface area contributed by atoms with Crippen molar-refractivity contribution in [2.24, 2.45) is 0 Å². The number of hydrogen-bond acceptors (Lipinski definition) is 9. The fourth-order valence-electron chi connectivity index (χ4n) is 7.39. The van der Waals surface area contributed by atoms with Crippen molar-refractivity contribution in [2.75, 3.05) is 17.2 Å². The van der Waals surface area contributed by atoms with Crippen molar-refractivity contribution >= 4 is 28.5 Å². The summed E-state index contributed by atoms with van der Waals surface area (Å²) in [5.74, 6) is -1.95. The van der Waals surface area contributed by atoms with Crippen LogP contribution in [0.4, 0.5) is 34.0 Å². The molecular formula is C32H35F4N7O3. The first-order chi connectivity index (χ1) is 21.4. The van der Waals surface area contributed by atoms with Crippen molar-refractivity contribution in [1.29, 1.82) is 5.26 Å². The van der Waals surface area contributed by atoms with Crippen LogP contribution >= 0.6 is 0 Å². The van der Waals surface area contributed by atoms with Gasteiger partial charge in [-0.05, 0) is 67.4 Å². The molecular weight excluding hydrogens is 606 g/mol. The van der Waals surface area contributed by atoms with Gasteiger partial charge in [-0.25, -0.2) is 24.1 Å². The zero-order valence-corrected chi connectivity index (χ0v) is 26.6. The molecule has 5 atom stereocenters. The van der Waals surface area contributed by atoms with Crippen molar-refractivity contribution in [2.45, 2.75) is 103 Å². The van der Waals surface area contributed by atoms with E-state index >= 15 is 4.39 Å². The van der Waals surface area contributed by atoms with E-state index in [0.717, 1.165) is 13.0 Å². The Hall–Kier alpha value is -4.41. The second-order valence-corrected chi connectivity index (χ2v) is 13.3. The summed E-state index contributed by atoms with van der Waals surface area (Å²) in [6, 6.07) is 2.02. The number of hydrogen-bond donors (Lipinski definition) is 1. The number of amides is 1. The van der Waals surface area contributed by atoms with Crippen molar-refractivity contribution in [3.05, 3.63) is 34.4 Å². The lowest BCUT2D eigenvalue weighted by Gasteiger charge is -2.48. The number of rotatable bonds is 2. The molecule has 0 spiro atoms. The van der Waals surface area contributed by atoms with Crippen molar-refractivity contribution in [3.8, 4) is 23.2 Å². The Morgan fingerprint density at radius 1 is 1.15 bits per heavy atom. The molecule has 0 aliphatic carbocycles. The monoisotopic (exact) mass is 641 g/mol. The highest BCUT2D eigenvalue weighted by Crippen LogP contribution is 2.49. The molecule has 10 nitrogen and oxygen atoms in total. The van der Waals surface area contributed by atoms with Crippen LogP contribution in [0.3, 0.4) is 0 Å². The Balaban J connectivity index is 1.63. The van der Waals surface area contributed by atoms with Gasteiger partial charge in [-0.15, -0.1) is 0 Å². The number of pyridine rings is 3. The van der Waals surface area contributed by atoms with Crippen molar-refractivity contribution < 1.29 is 31.8 Å². The molecule has 1 amide bonds. The van der Waals surface area contributed by atoms with Gasteiger partial charge in [0.15, 0.2) is 5.82 Å². The number of anilines is 2. The van der Waals surface area contributed by atoms with E-state index < -0.39 is 64.3 Å². The van der Waals surface area contributed by atoms with Crippen LogP contribution in [-0.2, 0) is 10.9 Å². The van der Waals surface area contributed by atoms with Crippen LogP contribution in [0.1, 0.15) is 75.9 Å². The maximum absolute atomic E-state index is 17.0. The van der Waals surface area contributed by atoms with Gasteiger partial charge in [0.25, 0.3) is 0 Å². The van der Waals surface area contributed by atoms with E-state index in [9.17, 15) is 23.2 Å². The number of nitrogen functional groups attached to an aromatic ring is 1. The summed E-state index contributed by atoms with van der Waals surface area (Å²) in [6.45, 7) is 11.9. The fraction of sp³-hybridized carbons (Fsp3) is 0.531. The van der Waals surface area contributed by atoms with E-state index in [1.54, 1.807) is 46.4 Å². The molecule has 244 valence electrons. The topological polar surface area (TPSA) is 130 Å². The minimum absolute atomic E-state index is 0.0903. The SMILES string of the molecule is Cc1nc(N)cc(-c2nc3c4c(nc(C)c(C(C)C#N)c4c2F)N2C[C@H]4CC[C@@H]([C@H]2[C@H](C)O3)N4C(=O)OC(C)(C)C)c1C(F)(F)F. The first kappa shape index (κ1) is 31.6. The highest BCUT2D eigenvalue weighted by Gasteiger charge is 2.54. The van der Waals surface area contributed by atoms with Crippen LogP contribution in [0.25, 0.3) is 22.0 Å². The summed E-state index contributed by atoms with van der Waals surface area (Å²) < 4.78 is 72.4. The molecule has 46 heavy (non-hydrogen) atoms. The van der Waals surface area contributed by atoms with Crippen LogP contribution in [-0.4, -0.2) is 62.3 Å². The lowest BCUT2D eigenvalue weighted by Crippen LogP contribution is -2.65. The first-order valence-electron chi connectivity index (χ1n) is 15.2. The summed E-state index contributed by atoms with van der Waals surface area (Å²) >= 11 is 0.